The van der Waals surface area contributed by atoms with Crippen LogP contribution in [0.5, 0.6) is 0 Å². The molecule has 1 aromatic carbocycles. The van der Waals surface area contributed by atoms with Gasteiger partial charge in [-0.05, 0) is 31.9 Å². The van der Waals surface area contributed by atoms with Crippen LogP contribution in [0.4, 0.5) is 10.5 Å². The summed E-state index contributed by atoms with van der Waals surface area (Å²) in [7, 11) is 0. The van der Waals surface area contributed by atoms with Crippen LogP contribution in [0.3, 0.4) is 0 Å². The molecule has 4 amide bonds. The number of nitrogens with zero attached hydrogens (tertiary/aromatic N) is 1. The Bertz CT molecular complexity index is 558. The number of hydrogen-bond acceptors (Lipinski definition) is 3. The SMILES string of the molecule is Cc1ccc(N2C(=O)NC(=O)C3(CC3)C2=O)cc1. The molecule has 0 bridgehead atoms. The van der Waals surface area contributed by atoms with Gasteiger partial charge in [0.15, 0.2) is 0 Å². The fourth-order valence-corrected chi connectivity index (χ4v) is 2.17. The number of barbiturate groups is 1. The fraction of sp³-hybridized carbons (Fsp3) is 0.308. The lowest BCUT2D eigenvalue weighted by atomic mass is 10.0. The molecule has 0 radical (unpaired) electrons. The molecule has 1 saturated carbocycles. The van der Waals surface area contributed by atoms with Crippen LogP contribution >= 0.6 is 0 Å². The van der Waals surface area contributed by atoms with Crippen molar-refractivity contribution in [3.8, 4) is 0 Å². The van der Waals surface area contributed by atoms with Gasteiger partial charge in [0.1, 0.15) is 5.41 Å². The number of nitrogens with one attached hydrogen (secondary N) is 1. The number of anilines is 1. The number of benzene rings is 1. The van der Waals surface area contributed by atoms with Gasteiger partial charge in [0.05, 0.1) is 5.69 Å². The Kier molecular flexibility index (Phi) is 2.08. The van der Waals surface area contributed by atoms with Crippen molar-refractivity contribution in [1.29, 1.82) is 0 Å². The van der Waals surface area contributed by atoms with Crippen molar-refractivity contribution >= 4 is 23.5 Å². The molecule has 3 rings (SSSR count). The average molecular weight is 244 g/mol. The van der Waals surface area contributed by atoms with Gasteiger partial charge < -0.3 is 0 Å². The molecular weight excluding hydrogens is 232 g/mol. The lowest BCUT2D eigenvalue weighted by molar-refractivity contribution is -0.136. The van der Waals surface area contributed by atoms with Crippen LogP contribution in [0, 0.1) is 12.3 Å². The van der Waals surface area contributed by atoms with Crippen LogP contribution in [0.2, 0.25) is 0 Å². The molecule has 1 aliphatic heterocycles. The van der Waals surface area contributed by atoms with E-state index in [0.717, 1.165) is 10.5 Å². The molecule has 1 aliphatic carbocycles. The predicted molar refractivity (Wildman–Crippen MR) is 63.9 cm³/mol. The maximum Gasteiger partial charge on any atom is 0.335 e. The van der Waals surface area contributed by atoms with Gasteiger partial charge in [-0.1, -0.05) is 17.7 Å². The van der Waals surface area contributed by atoms with Crippen molar-refractivity contribution in [1.82, 2.24) is 5.32 Å². The van der Waals surface area contributed by atoms with Crippen LogP contribution in [-0.2, 0) is 9.59 Å². The minimum Gasteiger partial charge on any atom is -0.276 e. The third kappa shape index (κ3) is 1.37. The van der Waals surface area contributed by atoms with Gasteiger partial charge in [-0.3, -0.25) is 14.9 Å². The number of hydrogen-bond donors (Lipinski definition) is 1. The van der Waals surface area contributed by atoms with Gasteiger partial charge in [-0.25, -0.2) is 9.69 Å². The summed E-state index contributed by atoms with van der Waals surface area (Å²) in [5, 5.41) is 2.25. The summed E-state index contributed by atoms with van der Waals surface area (Å²) in [6, 6.07) is 6.40. The van der Waals surface area contributed by atoms with Crippen LogP contribution in [0.25, 0.3) is 0 Å². The number of carbonyl (C=O) groups excluding carboxylic acids is 3. The number of urea groups is 1. The molecule has 1 aromatic rings. The van der Waals surface area contributed by atoms with E-state index in [-0.39, 0.29) is 0 Å². The van der Waals surface area contributed by atoms with Gasteiger partial charge in [0, 0.05) is 0 Å². The first-order valence-electron chi connectivity index (χ1n) is 5.81. The van der Waals surface area contributed by atoms with Crippen LogP contribution in [0.15, 0.2) is 24.3 Å². The van der Waals surface area contributed by atoms with Crippen molar-refractivity contribution in [2.24, 2.45) is 5.41 Å². The molecule has 1 spiro atoms. The Hall–Kier alpha value is -2.17. The molecule has 1 heterocycles. The van der Waals surface area contributed by atoms with Crippen molar-refractivity contribution < 1.29 is 14.4 Å². The second kappa shape index (κ2) is 3.41. The second-order valence-corrected chi connectivity index (χ2v) is 4.82. The lowest BCUT2D eigenvalue weighted by Gasteiger charge is -2.30. The monoisotopic (exact) mass is 244 g/mol. The Morgan fingerprint density at radius 3 is 2.28 bits per heavy atom. The molecule has 2 fully saturated rings. The van der Waals surface area contributed by atoms with Crippen molar-refractivity contribution in [2.75, 3.05) is 4.90 Å². The van der Waals surface area contributed by atoms with Crippen molar-refractivity contribution in [3.05, 3.63) is 29.8 Å². The zero-order valence-electron chi connectivity index (χ0n) is 9.90. The van der Waals surface area contributed by atoms with E-state index in [1.165, 1.54) is 0 Å². The molecule has 1 N–H and O–H groups in total. The summed E-state index contributed by atoms with van der Waals surface area (Å²) in [6.45, 7) is 1.92. The maximum atomic E-state index is 12.3. The van der Waals surface area contributed by atoms with E-state index in [1.54, 1.807) is 12.1 Å². The molecule has 5 nitrogen and oxygen atoms in total. The first-order chi connectivity index (χ1) is 8.54. The fourth-order valence-electron chi connectivity index (χ4n) is 2.17. The van der Waals surface area contributed by atoms with E-state index in [4.69, 9.17) is 0 Å². The van der Waals surface area contributed by atoms with Gasteiger partial charge in [0.2, 0.25) is 5.91 Å². The van der Waals surface area contributed by atoms with E-state index in [1.807, 2.05) is 19.1 Å². The number of amides is 4. The highest BCUT2D eigenvalue weighted by atomic mass is 16.2. The van der Waals surface area contributed by atoms with E-state index in [9.17, 15) is 14.4 Å². The highest BCUT2D eigenvalue weighted by molar-refractivity contribution is 6.31. The van der Waals surface area contributed by atoms with Gasteiger partial charge in [-0.2, -0.15) is 0 Å². The molecule has 5 heteroatoms. The van der Waals surface area contributed by atoms with Crippen LogP contribution in [-0.4, -0.2) is 17.8 Å². The number of rotatable bonds is 1. The number of aryl methyl sites for hydroxylation is 1. The Balaban J connectivity index is 2.00. The highest BCUT2D eigenvalue weighted by Gasteiger charge is 2.62. The molecule has 18 heavy (non-hydrogen) atoms. The third-order valence-electron chi connectivity index (χ3n) is 3.51. The van der Waals surface area contributed by atoms with Crippen molar-refractivity contribution in [3.63, 3.8) is 0 Å². The summed E-state index contributed by atoms with van der Waals surface area (Å²) < 4.78 is 0. The van der Waals surface area contributed by atoms with E-state index < -0.39 is 23.3 Å². The molecule has 0 unspecified atom stereocenters. The molecule has 92 valence electrons. The Morgan fingerprint density at radius 1 is 1.11 bits per heavy atom. The molecule has 1 saturated heterocycles. The van der Waals surface area contributed by atoms with E-state index in [2.05, 4.69) is 5.32 Å². The topological polar surface area (TPSA) is 66.5 Å². The number of imide groups is 2. The van der Waals surface area contributed by atoms with E-state index in [0.29, 0.717) is 18.5 Å². The quantitative estimate of drug-likeness (QED) is 0.758. The summed E-state index contributed by atoms with van der Waals surface area (Å²) >= 11 is 0. The van der Waals surface area contributed by atoms with Gasteiger partial charge in [-0.15, -0.1) is 0 Å². The minimum atomic E-state index is -0.987. The molecule has 0 aromatic heterocycles. The summed E-state index contributed by atoms with van der Waals surface area (Å²) in [6.07, 6.45) is 1.04. The molecular formula is C13H12N2O3. The van der Waals surface area contributed by atoms with E-state index >= 15 is 0 Å². The van der Waals surface area contributed by atoms with Crippen LogP contribution < -0.4 is 10.2 Å². The zero-order chi connectivity index (χ0) is 12.9. The normalized spacial score (nSPS) is 21.2. The highest BCUT2D eigenvalue weighted by Crippen LogP contribution is 2.49. The molecule has 0 atom stereocenters. The zero-order valence-corrected chi connectivity index (χ0v) is 9.90. The number of carbonyl (C=O) groups is 3. The summed E-state index contributed by atoms with van der Waals surface area (Å²) in [4.78, 5) is 36.8. The predicted octanol–water partition coefficient (Wildman–Crippen LogP) is 1.36. The Labute approximate surface area is 104 Å². The first-order valence-corrected chi connectivity index (χ1v) is 5.81. The van der Waals surface area contributed by atoms with Gasteiger partial charge >= 0.3 is 6.03 Å². The maximum absolute atomic E-state index is 12.3. The lowest BCUT2D eigenvalue weighted by Crippen LogP contribution is -2.59. The smallest absolute Gasteiger partial charge is 0.276 e. The van der Waals surface area contributed by atoms with Crippen LogP contribution in [0.1, 0.15) is 18.4 Å². The second-order valence-electron chi connectivity index (χ2n) is 4.82. The minimum absolute atomic E-state index is 0.403. The molecule has 2 aliphatic rings. The average Bonchev–Trinajstić information content (AvgIpc) is 3.11. The third-order valence-corrected chi connectivity index (χ3v) is 3.51. The largest absolute Gasteiger partial charge is 0.335 e. The summed E-state index contributed by atoms with van der Waals surface area (Å²) in [5.74, 6) is -0.860. The van der Waals surface area contributed by atoms with Gasteiger partial charge in [0.25, 0.3) is 5.91 Å². The Morgan fingerprint density at radius 2 is 1.72 bits per heavy atom. The first kappa shape index (κ1) is 11.0. The van der Waals surface area contributed by atoms with Crippen molar-refractivity contribution in [2.45, 2.75) is 19.8 Å². The standard InChI is InChI=1S/C13H12N2O3/c1-8-2-4-9(5-3-8)15-11(17)13(6-7-13)10(16)14-12(15)18/h2-5H,6-7H2,1H3,(H,14,16,18). The summed E-state index contributed by atoms with van der Waals surface area (Å²) in [5.41, 5.74) is 0.557.